The number of carbonyl (C=O) groups is 1. The summed E-state index contributed by atoms with van der Waals surface area (Å²) in [5.74, 6) is 0.942. The largest absolute Gasteiger partial charge is 0.492 e. The van der Waals surface area contributed by atoms with E-state index < -0.39 is 0 Å². The fourth-order valence-corrected chi connectivity index (χ4v) is 3.39. The zero-order chi connectivity index (χ0) is 13.6. The van der Waals surface area contributed by atoms with Crippen LogP contribution in [0, 0.1) is 5.41 Å². The summed E-state index contributed by atoms with van der Waals surface area (Å²) in [4.78, 5) is 18.8. The quantitative estimate of drug-likeness (QED) is 0.788. The topological polar surface area (TPSA) is 42.4 Å². The molecule has 1 saturated heterocycles. The Morgan fingerprint density at radius 3 is 2.80 bits per heavy atom. The Labute approximate surface area is 119 Å². The lowest BCUT2D eigenvalue weighted by molar-refractivity contribution is 0.0672. The second-order valence-corrected chi connectivity index (χ2v) is 6.42. The van der Waals surface area contributed by atoms with Crippen LogP contribution in [0.25, 0.3) is 0 Å². The lowest BCUT2D eigenvalue weighted by Gasteiger charge is -2.32. The molecule has 1 spiro atoms. The molecule has 0 bridgehead atoms. The van der Waals surface area contributed by atoms with Gasteiger partial charge in [-0.15, -0.1) is 0 Å². The summed E-state index contributed by atoms with van der Waals surface area (Å²) < 4.78 is 5.55. The minimum absolute atomic E-state index is 0.0915. The number of fused-ring (bicyclic) bond motifs is 1. The van der Waals surface area contributed by atoms with Crippen LogP contribution < -0.4 is 4.74 Å². The van der Waals surface area contributed by atoms with Gasteiger partial charge in [0.25, 0.3) is 5.91 Å². The van der Waals surface area contributed by atoms with Crippen LogP contribution in [-0.4, -0.2) is 35.5 Å². The third-order valence-electron chi connectivity index (χ3n) is 5.08. The van der Waals surface area contributed by atoms with E-state index in [1.165, 1.54) is 25.7 Å². The van der Waals surface area contributed by atoms with Crippen molar-refractivity contribution < 1.29 is 9.53 Å². The first-order valence-electron chi connectivity index (χ1n) is 7.67. The Morgan fingerprint density at radius 1 is 1.25 bits per heavy atom. The summed E-state index contributed by atoms with van der Waals surface area (Å²) in [5, 5.41) is 0. The van der Waals surface area contributed by atoms with E-state index in [-0.39, 0.29) is 5.91 Å². The first-order valence-corrected chi connectivity index (χ1v) is 7.67. The fourth-order valence-electron chi connectivity index (χ4n) is 3.39. The zero-order valence-electron chi connectivity index (χ0n) is 11.7. The van der Waals surface area contributed by atoms with Gasteiger partial charge in [0.05, 0.1) is 12.8 Å². The average molecular weight is 272 g/mol. The van der Waals surface area contributed by atoms with E-state index in [1.54, 1.807) is 6.20 Å². The van der Waals surface area contributed by atoms with Gasteiger partial charge in [0.1, 0.15) is 11.4 Å². The number of likely N-dealkylation sites (tertiary alicyclic amines) is 1. The van der Waals surface area contributed by atoms with Crippen LogP contribution in [0.1, 0.15) is 48.2 Å². The number of ether oxygens (including phenoxy) is 1. The molecule has 1 amide bonds. The molecule has 20 heavy (non-hydrogen) atoms. The van der Waals surface area contributed by atoms with E-state index in [0.29, 0.717) is 11.1 Å². The molecule has 4 heteroatoms. The third-order valence-corrected chi connectivity index (χ3v) is 5.08. The molecule has 0 N–H and O–H groups in total. The molecule has 1 aliphatic carbocycles. The maximum Gasteiger partial charge on any atom is 0.272 e. The molecule has 1 aromatic rings. The van der Waals surface area contributed by atoms with Crippen LogP contribution in [0.3, 0.4) is 0 Å². The van der Waals surface area contributed by atoms with Gasteiger partial charge in [-0.05, 0) is 55.6 Å². The SMILES string of the molecule is O=C(c1cc2c(cn1)OCCC2)N1CCC2(CC1)CC2. The number of aromatic nitrogens is 1. The van der Waals surface area contributed by atoms with Crippen molar-refractivity contribution in [3.05, 3.63) is 23.5 Å². The van der Waals surface area contributed by atoms with Gasteiger partial charge in [-0.1, -0.05) is 0 Å². The van der Waals surface area contributed by atoms with Crippen molar-refractivity contribution in [2.75, 3.05) is 19.7 Å². The van der Waals surface area contributed by atoms with Crippen LogP contribution in [0.4, 0.5) is 0 Å². The Hall–Kier alpha value is -1.58. The molecule has 106 valence electrons. The van der Waals surface area contributed by atoms with Crippen LogP contribution in [0.2, 0.25) is 0 Å². The molecule has 0 radical (unpaired) electrons. The second kappa shape index (κ2) is 4.47. The van der Waals surface area contributed by atoms with E-state index in [1.807, 2.05) is 11.0 Å². The smallest absolute Gasteiger partial charge is 0.272 e. The summed E-state index contributed by atoms with van der Waals surface area (Å²) in [6, 6.07) is 1.93. The Morgan fingerprint density at radius 2 is 2.05 bits per heavy atom. The predicted octanol–water partition coefficient (Wildman–Crippen LogP) is 2.42. The Balaban J connectivity index is 1.50. The number of carbonyl (C=O) groups excluding carboxylic acids is 1. The summed E-state index contributed by atoms with van der Waals surface area (Å²) in [6.45, 7) is 2.55. The van der Waals surface area contributed by atoms with Crippen molar-refractivity contribution in [1.29, 1.82) is 0 Å². The van der Waals surface area contributed by atoms with Crippen molar-refractivity contribution in [3.8, 4) is 5.75 Å². The molecule has 1 saturated carbocycles. The molecule has 0 aromatic carbocycles. The molecular weight excluding hydrogens is 252 g/mol. The minimum atomic E-state index is 0.0915. The summed E-state index contributed by atoms with van der Waals surface area (Å²) in [6.07, 6.45) is 8.80. The van der Waals surface area contributed by atoms with Crippen molar-refractivity contribution in [2.45, 2.75) is 38.5 Å². The number of amides is 1. The predicted molar refractivity (Wildman–Crippen MR) is 74.9 cm³/mol. The maximum atomic E-state index is 12.5. The number of aryl methyl sites for hydroxylation is 1. The summed E-state index contributed by atoms with van der Waals surface area (Å²) in [7, 11) is 0. The average Bonchev–Trinajstić information content (AvgIpc) is 3.26. The second-order valence-electron chi connectivity index (χ2n) is 6.42. The summed E-state index contributed by atoms with van der Waals surface area (Å²) >= 11 is 0. The molecule has 2 fully saturated rings. The van der Waals surface area contributed by atoms with Crippen molar-refractivity contribution >= 4 is 5.91 Å². The first-order chi connectivity index (χ1) is 9.76. The van der Waals surface area contributed by atoms with Gasteiger partial charge in [0, 0.05) is 13.1 Å². The highest BCUT2D eigenvalue weighted by Gasteiger charge is 2.45. The van der Waals surface area contributed by atoms with E-state index in [2.05, 4.69) is 4.98 Å². The van der Waals surface area contributed by atoms with Crippen LogP contribution >= 0.6 is 0 Å². The van der Waals surface area contributed by atoms with E-state index in [9.17, 15) is 4.79 Å². The number of rotatable bonds is 1. The summed E-state index contributed by atoms with van der Waals surface area (Å²) in [5.41, 5.74) is 2.32. The minimum Gasteiger partial charge on any atom is -0.492 e. The monoisotopic (exact) mass is 272 g/mol. The van der Waals surface area contributed by atoms with Gasteiger partial charge in [-0.25, -0.2) is 4.98 Å². The van der Waals surface area contributed by atoms with E-state index in [0.717, 1.165) is 43.9 Å². The van der Waals surface area contributed by atoms with Gasteiger partial charge in [-0.2, -0.15) is 0 Å². The number of nitrogens with zero attached hydrogens (tertiary/aromatic N) is 2. The lowest BCUT2D eigenvalue weighted by atomic mass is 9.93. The molecule has 3 aliphatic rings. The van der Waals surface area contributed by atoms with Gasteiger partial charge < -0.3 is 9.64 Å². The van der Waals surface area contributed by atoms with Crippen molar-refractivity contribution in [2.24, 2.45) is 5.41 Å². The number of hydrogen-bond acceptors (Lipinski definition) is 3. The van der Waals surface area contributed by atoms with Gasteiger partial charge in [-0.3, -0.25) is 4.79 Å². The first kappa shape index (κ1) is 12.2. The van der Waals surface area contributed by atoms with Crippen molar-refractivity contribution in [1.82, 2.24) is 9.88 Å². The highest BCUT2D eigenvalue weighted by atomic mass is 16.5. The van der Waals surface area contributed by atoms with Gasteiger partial charge in [0.2, 0.25) is 0 Å². The normalized spacial score (nSPS) is 23.1. The molecule has 2 aliphatic heterocycles. The Bertz CT molecular complexity index is 541. The van der Waals surface area contributed by atoms with E-state index in [4.69, 9.17) is 4.74 Å². The molecule has 4 nitrogen and oxygen atoms in total. The highest BCUT2D eigenvalue weighted by molar-refractivity contribution is 5.92. The van der Waals surface area contributed by atoms with Crippen molar-refractivity contribution in [3.63, 3.8) is 0 Å². The molecule has 3 heterocycles. The van der Waals surface area contributed by atoms with Crippen LogP contribution in [-0.2, 0) is 6.42 Å². The number of piperidine rings is 1. The molecule has 0 unspecified atom stereocenters. The molecule has 0 atom stereocenters. The molecular formula is C16H20N2O2. The number of hydrogen-bond donors (Lipinski definition) is 0. The third kappa shape index (κ3) is 2.07. The molecule has 4 rings (SSSR count). The van der Waals surface area contributed by atoms with E-state index >= 15 is 0 Å². The maximum absolute atomic E-state index is 12.5. The van der Waals surface area contributed by atoms with Gasteiger partial charge >= 0.3 is 0 Å². The molecule has 1 aromatic heterocycles. The van der Waals surface area contributed by atoms with Crippen LogP contribution in [0.5, 0.6) is 5.75 Å². The lowest BCUT2D eigenvalue weighted by Crippen LogP contribution is -2.39. The standard InChI is InChI=1S/C16H20N2O2/c19-15(18-7-5-16(3-4-16)6-8-18)13-10-12-2-1-9-20-14(12)11-17-13/h10-11H,1-9H2. The fraction of sp³-hybridized carbons (Fsp3) is 0.625. The number of pyridine rings is 1. The van der Waals surface area contributed by atoms with Crippen LogP contribution in [0.15, 0.2) is 12.3 Å². The van der Waals surface area contributed by atoms with Gasteiger partial charge in [0.15, 0.2) is 0 Å². The Kier molecular flexibility index (Phi) is 2.72. The zero-order valence-corrected chi connectivity index (χ0v) is 11.7. The highest BCUT2D eigenvalue weighted by Crippen LogP contribution is 2.53.